The normalized spacial score (nSPS) is 12.8. The minimum absolute atomic E-state index is 0.0568. The Morgan fingerprint density at radius 1 is 0.805 bits per heavy atom. The van der Waals surface area contributed by atoms with Gasteiger partial charge in [-0.05, 0) is 38.1 Å². The summed E-state index contributed by atoms with van der Waals surface area (Å²) in [4.78, 5) is 21.7. The molecule has 7 nitrogen and oxygen atoms in total. The minimum Gasteiger partial charge on any atom is -0.493 e. The summed E-state index contributed by atoms with van der Waals surface area (Å²) < 4.78 is 22.3. The molecule has 2 N–H and O–H groups in total. The molecule has 0 spiro atoms. The second kappa shape index (κ2) is 27.6. The molecule has 0 amide bonds. The van der Waals surface area contributed by atoms with Crippen molar-refractivity contribution in [2.75, 3.05) is 33.4 Å². The van der Waals surface area contributed by atoms with Crippen LogP contribution >= 0.6 is 8.60 Å². The highest BCUT2D eigenvalue weighted by Gasteiger charge is 2.19. The van der Waals surface area contributed by atoms with Gasteiger partial charge in [-0.15, -0.1) is 0 Å². The molecule has 2 unspecified atom stereocenters. The summed E-state index contributed by atoms with van der Waals surface area (Å²) >= 11 is 0. The van der Waals surface area contributed by atoms with Gasteiger partial charge in [-0.2, -0.15) is 0 Å². The molecule has 0 bridgehead atoms. The monoisotopic (exact) mass is 597 g/mol. The van der Waals surface area contributed by atoms with Gasteiger partial charge in [0.25, 0.3) is 0 Å². The quantitative estimate of drug-likeness (QED) is 0.0543. The first-order chi connectivity index (χ1) is 20.1. The second-order valence-electron chi connectivity index (χ2n) is 11.0. The van der Waals surface area contributed by atoms with Crippen LogP contribution in [0.15, 0.2) is 24.3 Å². The van der Waals surface area contributed by atoms with Gasteiger partial charge in [0.15, 0.2) is 0 Å². The van der Waals surface area contributed by atoms with E-state index in [1.54, 1.807) is 0 Å². The molecule has 8 heteroatoms. The zero-order valence-electron chi connectivity index (χ0n) is 26.4. The van der Waals surface area contributed by atoms with Crippen LogP contribution < -0.4 is 10.1 Å². The molecule has 2 atom stereocenters. The Hall–Kier alpha value is -1.24. The van der Waals surface area contributed by atoms with Crippen molar-refractivity contribution in [1.29, 1.82) is 0 Å². The van der Waals surface area contributed by atoms with Gasteiger partial charge in [0.05, 0.1) is 19.8 Å². The molecule has 0 aliphatic heterocycles. The molecule has 0 aliphatic rings. The van der Waals surface area contributed by atoms with Crippen molar-refractivity contribution >= 4 is 14.6 Å². The highest BCUT2D eigenvalue weighted by molar-refractivity contribution is 7.40. The van der Waals surface area contributed by atoms with E-state index < -0.39 is 14.7 Å². The minimum atomic E-state index is -2.01. The lowest BCUT2D eigenvalue weighted by molar-refractivity contribution is -0.147. The number of unbranched alkanes of at least 4 members (excludes halogenated alkanes) is 15. The van der Waals surface area contributed by atoms with Crippen molar-refractivity contribution in [1.82, 2.24) is 5.32 Å². The van der Waals surface area contributed by atoms with Crippen LogP contribution in [0, 0.1) is 0 Å². The maximum Gasteiger partial charge on any atom is 0.329 e. The number of hydrogen-bond donors (Lipinski definition) is 2. The van der Waals surface area contributed by atoms with Crippen LogP contribution in [-0.2, 0) is 25.0 Å². The van der Waals surface area contributed by atoms with Gasteiger partial charge in [-0.3, -0.25) is 4.79 Å². The smallest absolute Gasteiger partial charge is 0.329 e. The number of esters is 1. The van der Waals surface area contributed by atoms with E-state index in [1.165, 1.54) is 103 Å². The van der Waals surface area contributed by atoms with Crippen molar-refractivity contribution in [3.05, 3.63) is 29.8 Å². The fraction of sp³-hybridized carbons (Fsp3) is 0.788. The average Bonchev–Trinajstić information content (AvgIpc) is 2.96. The van der Waals surface area contributed by atoms with E-state index in [0.29, 0.717) is 19.6 Å². The Kier molecular flexibility index (Phi) is 25.4. The lowest BCUT2D eigenvalue weighted by atomic mass is 10.0. The van der Waals surface area contributed by atoms with Crippen LogP contribution in [0.1, 0.15) is 129 Å². The Labute approximate surface area is 252 Å². The van der Waals surface area contributed by atoms with E-state index >= 15 is 0 Å². The number of rotatable bonds is 29. The molecular weight excluding hydrogens is 537 g/mol. The Balaban J connectivity index is 2.19. The van der Waals surface area contributed by atoms with Crippen LogP contribution in [0.3, 0.4) is 0 Å². The third-order valence-electron chi connectivity index (χ3n) is 7.15. The highest BCUT2D eigenvalue weighted by atomic mass is 31.2. The topological polar surface area (TPSA) is 86.2 Å². The molecule has 0 radical (unpaired) electrons. The summed E-state index contributed by atoms with van der Waals surface area (Å²) in [6.45, 7) is 5.59. The zero-order valence-corrected chi connectivity index (χ0v) is 27.3. The lowest BCUT2D eigenvalue weighted by Crippen LogP contribution is -2.24. The summed E-state index contributed by atoms with van der Waals surface area (Å²) in [7, 11) is -0.149. The van der Waals surface area contributed by atoms with Crippen LogP contribution in [0.4, 0.5) is 0 Å². The van der Waals surface area contributed by atoms with Crippen LogP contribution in [-0.4, -0.2) is 50.4 Å². The van der Waals surface area contributed by atoms with Crippen molar-refractivity contribution < 1.29 is 28.2 Å². The van der Waals surface area contributed by atoms with E-state index in [2.05, 4.69) is 12.2 Å². The molecule has 41 heavy (non-hydrogen) atoms. The van der Waals surface area contributed by atoms with Gasteiger partial charge in [0, 0.05) is 13.3 Å². The van der Waals surface area contributed by atoms with Gasteiger partial charge in [-0.1, -0.05) is 121 Å². The van der Waals surface area contributed by atoms with Crippen molar-refractivity contribution in [2.24, 2.45) is 0 Å². The summed E-state index contributed by atoms with van der Waals surface area (Å²) in [5.74, 6) is 0.419. The largest absolute Gasteiger partial charge is 0.493 e. The van der Waals surface area contributed by atoms with Crippen molar-refractivity contribution in [3.63, 3.8) is 0 Å². The second-order valence-corrected chi connectivity index (χ2v) is 12.0. The standard InChI is InChI=1S/C33H60NO6P/c1-4-5-6-7-8-9-10-11-12-13-14-15-16-17-18-21-26-37-33-24-20-19-23-31(33)28-32(40-30(2)35)29-39-41(36)38-27-22-25-34-3/h19-20,23-24,32,34,36H,4-18,21-22,25-29H2,1-3H3. The molecule has 0 heterocycles. The fourth-order valence-corrected chi connectivity index (χ4v) is 5.49. The molecule has 0 fully saturated rings. The first-order valence-corrected chi connectivity index (χ1v) is 17.5. The van der Waals surface area contributed by atoms with Gasteiger partial charge in [-0.25, -0.2) is 0 Å². The number of carbonyl (C=O) groups is 1. The van der Waals surface area contributed by atoms with Crippen LogP contribution in [0.25, 0.3) is 0 Å². The lowest BCUT2D eigenvalue weighted by Gasteiger charge is -2.20. The van der Waals surface area contributed by atoms with Crippen molar-refractivity contribution in [3.8, 4) is 5.75 Å². The molecular formula is C33H60NO6P. The highest BCUT2D eigenvalue weighted by Crippen LogP contribution is 2.33. The number of hydrogen-bond acceptors (Lipinski definition) is 7. The van der Waals surface area contributed by atoms with E-state index in [0.717, 1.165) is 30.7 Å². The van der Waals surface area contributed by atoms with E-state index in [-0.39, 0.29) is 12.6 Å². The van der Waals surface area contributed by atoms with Gasteiger partial charge < -0.3 is 28.7 Å². The molecule has 0 aliphatic carbocycles. The number of ether oxygens (including phenoxy) is 2. The Morgan fingerprint density at radius 3 is 1.93 bits per heavy atom. The van der Waals surface area contributed by atoms with E-state index in [1.807, 2.05) is 31.3 Å². The number of para-hydroxylation sites is 1. The summed E-state index contributed by atoms with van der Waals surface area (Å²) in [5.41, 5.74) is 0.955. The Morgan fingerprint density at radius 2 is 1.37 bits per heavy atom. The molecule has 1 aromatic carbocycles. The average molecular weight is 598 g/mol. The maximum absolute atomic E-state index is 11.7. The first-order valence-electron chi connectivity index (χ1n) is 16.3. The third kappa shape index (κ3) is 23.0. The number of benzene rings is 1. The van der Waals surface area contributed by atoms with Gasteiger partial charge >= 0.3 is 14.6 Å². The molecule has 238 valence electrons. The van der Waals surface area contributed by atoms with Crippen LogP contribution in [0.5, 0.6) is 5.75 Å². The molecule has 0 aromatic heterocycles. The van der Waals surface area contributed by atoms with Gasteiger partial charge in [0.1, 0.15) is 11.9 Å². The molecule has 1 rings (SSSR count). The summed E-state index contributed by atoms with van der Waals surface area (Å²) in [6, 6.07) is 7.84. The Bertz CT molecular complexity index is 737. The fourth-order valence-electron chi connectivity index (χ4n) is 4.84. The SMILES string of the molecule is CCCCCCCCCCCCCCCCCCOc1ccccc1CC(COP(O)OCCCNC)OC(C)=O. The zero-order chi connectivity index (χ0) is 29.8. The molecule has 0 saturated carbocycles. The first kappa shape index (κ1) is 37.8. The summed E-state index contributed by atoms with van der Waals surface area (Å²) in [6.07, 6.45) is 22.2. The molecule has 0 saturated heterocycles. The van der Waals surface area contributed by atoms with E-state index in [4.69, 9.17) is 18.5 Å². The number of nitrogens with one attached hydrogen (secondary N) is 1. The van der Waals surface area contributed by atoms with Crippen LogP contribution in [0.2, 0.25) is 0 Å². The predicted octanol–water partition coefficient (Wildman–Crippen LogP) is 8.66. The van der Waals surface area contributed by atoms with E-state index in [9.17, 15) is 9.69 Å². The number of carbonyl (C=O) groups excluding carboxylic acids is 1. The van der Waals surface area contributed by atoms with Gasteiger partial charge in [0.2, 0.25) is 0 Å². The maximum atomic E-state index is 11.7. The molecule has 1 aromatic rings. The predicted molar refractivity (Wildman–Crippen MR) is 170 cm³/mol. The third-order valence-corrected chi connectivity index (χ3v) is 7.93. The van der Waals surface area contributed by atoms with Crippen molar-refractivity contribution in [2.45, 2.75) is 136 Å². The summed E-state index contributed by atoms with van der Waals surface area (Å²) in [5, 5.41) is 3.03.